The molecule has 1 N–H and O–H groups in total. The molecule has 1 saturated heterocycles. The molecule has 0 aromatic heterocycles. The van der Waals surface area contributed by atoms with Gasteiger partial charge in [-0.1, -0.05) is 0 Å². The van der Waals surface area contributed by atoms with Gasteiger partial charge in [-0.05, 0) is 12.8 Å². The summed E-state index contributed by atoms with van der Waals surface area (Å²) in [4.78, 5) is 24.8. The van der Waals surface area contributed by atoms with E-state index in [1.165, 1.54) is 11.8 Å². The summed E-state index contributed by atoms with van der Waals surface area (Å²) >= 11 is 0. The number of carbonyl (C=O) groups is 2. The predicted octanol–water partition coefficient (Wildman–Crippen LogP) is 0.607. The maximum absolute atomic E-state index is 11.1. The molecule has 5 heteroatoms. The first-order valence-corrected chi connectivity index (χ1v) is 4.73. The first kappa shape index (κ1) is 10.8. The van der Waals surface area contributed by atoms with Gasteiger partial charge in [0.25, 0.3) is 0 Å². The monoisotopic (exact) mass is 200 g/mol. The summed E-state index contributed by atoms with van der Waals surface area (Å²) in [5, 5.41) is 8.78. The molecular formula is C9H16N2O3. The summed E-state index contributed by atoms with van der Waals surface area (Å²) in [6.45, 7) is 2.79. The van der Waals surface area contributed by atoms with Crippen molar-refractivity contribution in [1.82, 2.24) is 9.80 Å². The van der Waals surface area contributed by atoms with Crippen LogP contribution in [0, 0.1) is 0 Å². The minimum atomic E-state index is -0.930. The van der Waals surface area contributed by atoms with E-state index in [0.29, 0.717) is 6.54 Å². The molecule has 0 saturated carbocycles. The van der Waals surface area contributed by atoms with Crippen LogP contribution in [-0.4, -0.2) is 53.1 Å². The highest BCUT2D eigenvalue weighted by atomic mass is 16.4. The molecule has 1 fully saturated rings. The van der Waals surface area contributed by atoms with Crippen LogP contribution in [0.15, 0.2) is 0 Å². The topological polar surface area (TPSA) is 60.9 Å². The van der Waals surface area contributed by atoms with Crippen molar-refractivity contribution in [3.05, 3.63) is 0 Å². The molecule has 0 spiro atoms. The van der Waals surface area contributed by atoms with E-state index in [1.54, 1.807) is 11.9 Å². The Morgan fingerprint density at radius 3 is 2.64 bits per heavy atom. The van der Waals surface area contributed by atoms with Crippen LogP contribution in [0.2, 0.25) is 0 Å². The zero-order chi connectivity index (χ0) is 10.7. The fourth-order valence-electron chi connectivity index (χ4n) is 1.71. The number of amides is 2. The Hall–Kier alpha value is -1.26. The molecule has 5 nitrogen and oxygen atoms in total. The number of nitrogens with zero attached hydrogens (tertiary/aromatic N) is 2. The van der Waals surface area contributed by atoms with E-state index < -0.39 is 6.09 Å². The number of carbonyl (C=O) groups excluding carboxylic acids is 1. The summed E-state index contributed by atoms with van der Waals surface area (Å²) in [6.07, 6.45) is 0.787. The van der Waals surface area contributed by atoms with Crippen molar-refractivity contribution in [1.29, 1.82) is 0 Å². The molecule has 1 aliphatic rings. The van der Waals surface area contributed by atoms with E-state index in [2.05, 4.69) is 0 Å². The molecular weight excluding hydrogens is 184 g/mol. The highest BCUT2D eigenvalue weighted by molar-refractivity contribution is 5.73. The second-order valence-electron chi connectivity index (χ2n) is 3.65. The molecule has 1 atom stereocenters. The van der Waals surface area contributed by atoms with Gasteiger partial charge in [0.2, 0.25) is 5.91 Å². The van der Waals surface area contributed by atoms with Crippen molar-refractivity contribution in [3.63, 3.8) is 0 Å². The Balaban J connectivity index is 2.55. The van der Waals surface area contributed by atoms with Crippen LogP contribution in [0.5, 0.6) is 0 Å². The van der Waals surface area contributed by atoms with E-state index in [1.807, 2.05) is 0 Å². The SMILES string of the molecule is CC(=O)N1CCCC(N(C)C(=O)O)C1. The van der Waals surface area contributed by atoms with Crippen molar-refractivity contribution in [3.8, 4) is 0 Å². The quantitative estimate of drug-likeness (QED) is 0.674. The standard InChI is InChI=1S/C9H16N2O3/c1-7(12)11-5-3-4-8(6-11)10(2)9(13)14/h8H,3-6H2,1-2H3,(H,13,14). The fraction of sp³-hybridized carbons (Fsp3) is 0.778. The Kier molecular flexibility index (Phi) is 3.33. The molecule has 2 amide bonds. The number of piperidine rings is 1. The number of likely N-dealkylation sites (tertiary alicyclic amines) is 1. The molecule has 1 aliphatic heterocycles. The fourth-order valence-corrected chi connectivity index (χ4v) is 1.71. The zero-order valence-corrected chi connectivity index (χ0v) is 8.56. The number of carboxylic acid groups (broad SMARTS) is 1. The van der Waals surface area contributed by atoms with Gasteiger partial charge in [0, 0.05) is 27.1 Å². The predicted molar refractivity (Wildman–Crippen MR) is 51.1 cm³/mol. The average Bonchev–Trinajstić information content (AvgIpc) is 2.16. The largest absolute Gasteiger partial charge is 0.465 e. The summed E-state index contributed by atoms with van der Waals surface area (Å²) in [7, 11) is 1.55. The highest BCUT2D eigenvalue weighted by Gasteiger charge is 2.26. The van der Waals surface area contributed by atoms with Crippen molar-refractivity contribution in [2.24, 2.45) is 0 Å². The minimum absolute atomic E-state index is 0.0217. The Morgan fingerprint density at radius 2 is 2.14 bits per heavy atom. The molecule has 0 radical (unpaired) electrons. The molecule has 1 rings (SSSR count). The summed E-state index contributed by atoms with van der Waals surface area (Å²) in [5.41, 5.74) is 0. The van der Waals surface area contributed by atoms with Crippen molar-refractivity contribution >= 4 is 12.0 Å². The third kappa shape index (κ3) is 2.37. The molecule has 0 aliphatic carbocycles. The lowest BCUT2D eigenvalue weighted by Gasteiger charge is -2.35. The van der Waals surface area contributed by atoms with Gasteiger partial charge in [0.05, 0.1) is 6.04 Å². The average molecular weight is 200 g/mol. The molecule has 0 aromatic rings. The van der Waals surface area contributed by atoms with Gasteiger partial charge >= 0.3 is 6.09 Å². The number of likely N-dealkylation sites (N-methyl/N-ethyl adjacent to an activating group) is 1. The van der Waals surface area contributed by atoms with Gasteiger partial charge in [-0.2, -0.15) is 0 Å². The molecule has 0 bridgehead atoms. The van der Waals surface area contributed by atoms with Crippen molar-refractivity contribution in [2.45, 2.75) is 25.8 Å². The Bertz CT molecular complexity index is 230. The van der Waals surface area contributed by atoms with Gasteiger partial charge < -0.3 is 14.9 Å². The van der Waals surface area contributed by atoms with Crippen molar-refractivity contribution in [2.75, 3.05) is 20.1 Å². The van der Waals surface area contributed by atoms with Crippen LogP contribution in [-0.2, 0) is 4.79 Å². The van der Waals surface area contributed by atoms with Gasteiger partial charge in [-0.15, -0.1) is 0 Å². The minimum Gasteiger partial charge on any atom is -0.465 e. The van der Waals surface area contributed by atoms with Gasteiger partial charge in [-0.3, -0.25) is 4.79 Å². The van der Waals surface area contributed by atoms with Crippen LogP contribution >= 0.6 is 0 Å². The van der Waals surface area contributed by atoms with Crippen molar-refractivity contribution < 1.29 is 14.7 Å². The van der Waals surface area contributed by atoms with Crippen LogP contribution < -0.4 is 0 Å². The second-order valence-corrected chi connectivity index (χ2v) is 3.65. The Labute approximate surface area is 83.3 Å². The lowest BCUT2D eigenvalue weighted by atomic mass is 10.0. The third-order valence-corrected chi connectivity index (χ3v) is 2.69. The summed E-state index contributed by atoms with van der Waals surface area (Å²) < 4.78 is 0. The van der Waals surface area contributed by atoms with Crippen LogP contribution in [0.25, 0.3) is 0 Å². The van der Waals surface area contributed by atoms with Crippen LogP contribution in [0.4, 0.5) is 4.79 Å². The van der Waals surface area contributed by atoms with Crippen LogP contribution in [0.1, 0.15) is 19.8 Å². The van der Waals surface area contributed by atoms with E-state index in [4.69, 9.17) is 5.11 Å². The molecule has 1 unspecified atom stereocenters. The van der Waals surface area contributed by atoms with E-state index in [-0.39, 0.29) is 11.9 Å². The molecule has 80 valence electrons. The maximum atomic E-state index is 11.1. The van der Waals surface area contributed by atoms with Gasteiger partial charge in [0.15, 0.2) is 0 Å². The number of rotatable bonds is 1. The molecule has 1 heterocycles. The highest BCUT2D eigenvalue weighted by Crippen LogP contribution is 2.14. The number of hydrogen-bond acceptors (Lipinski definition) is 2. The smallest absolute Gasteiger partial charge is 0.407 e. The maximum Gasteiger partial charge on any atom is 0.407 e. The van der Waals surface area contributed by atoms with Gasteiger partial charge in [-0.25, -0.2) is 4.79 Å². The first-order valence-electron chi connectivity index (χ1n) is 4.73. The van der Waals surface area contributed by atoms with Crippen LogP contribution in [0.3, 0.4) is 0 Å². The second kappa shape index (κ2) is 4.30. The van der Waals surface area contributed by atoms with E-state index in [9.17, 15) is 9.59 Å². The molecule has 0 aromatic carbocycles. The third-order valence-electron chi connectivity index (χ3n) is 2.69. The lowest BCUT2D eigenvalue weighted by Crippen LogP contribution is -2.49. The lowest BCUT2D eigenvalue weighted by molar-refractivity contribution is -0.130. The van der Waals surface area contributed by atoms with E-state index >= 15 is 0 Å². The number of hydrogen-bond donors (Lipinski definition) is 1. The Morgan fingerprint density at radius 1 is 1.50 bits per heavy atom. The first-order chi connectivity index (χ1) is 6.52. The summed E-state index contributed by atoms with van der Waals surface area (Å²) in [5.74, 6) is 0.0217. The zero-order valence-electron chi connectivity index (χ0n) is 8.56. The normalized spacial score (nSPS) is 21.9. The van der Waals surface area contributed by atoms with E-state index in [0.717, 1.165) is 19.4 Å². The summed E-state index contributed by atoms with van der Waals surface area (Å²) in [6, 6.07) is -0.0508. The van der Waals surface area contributed by atoms with Gasteiger partial charge in [0.1, 0.15) is 0 Å². The molecule has 14 heavy (non-hydrogen) atoms.